The number of benzene rings is 1. The van der Waals surface area contributed by atoms with Gasteiger partial charge >= 0.3 is 12.0 Å². The van der Waals surface area contributed by atoms with E-state index in [1.54, 1.807) is 18.6 Å². The number of carbonyl (C=O) groups is 2. The van der Waals surface area contributed by atoms with Crippen molar-refractivity contribution in [1.82, 2.24) is 25.6 Å². The maximum Gasteiger partial charge on any atom is 0.320 e. The van der Waals surface area contributed by atoms with Gasteiger partial charge in [0.05, 0.1) is 16.8 Å². The number of hydrogen-bond donors (Lipinski definition) is 3. The summed E-state index contributed by atoms with van der Waals surface area (Å²) in [6.45, 7) is 5.55. The molecule has 0 spiro atoms. The second-order valence-corrected chi connectivity index (χ2v) is 9.65. The number of carboxylic acids is 1. The molecule has 1 aromatic carbocycles. The molecule has 0 aliphatic carbocycles. The third-order valence-corrected chi connectivity index (χ3v) is 7.47. The predicted octanol–water partition coefficient (Wildman–Crippen LogP) is 4.19. The lowest BCUT2D eigenvalue weighted by Crippen LogP contribution is -2.44. The molecule has 10 heteroatoms. The van der Waals surface area contributed by atoms with Crippen LogP contribution in [0.2, 0.25) is 0 Å². The van der Waals surface area contributed by atoms with Crippen LogP contribution in [0.25, 0.3) is 22.4 Å². The van der Waals surface area contributed by atoms with Crippen molar-refractivity contribution < 1.29 is 14.7 Å². The van der Waals surface area contributed by atoms with Crippen molar-refractivity contribution in [3.63, 3.8) is 0 Å². The first-order valence-corrected chi connectivity index (χ1v) is 12.9. The standard InChI is InChI=1S/C28H31N7O3/c1-3-28(25(36)37)8-11-35(12-9-28)26-31-16-19(17-32-26)18-13-20(22-7-5-6-10-30-22)21-15-24(33-23(21)14-18)34-27(38)29-4-2/h5-7,10,13-14,16-17H,3-4,8-9,11-12,15H2,1-2H3,(H,36,37)(H2,29,33,34,38). The van der Waals surface area contributed by atoms with E-state index in [-0.39, 0.29) is 6.03 Å². The number of amidine groups is 1. The van der Waals surface area contributed by atoms with Gasteiger partial charge in [-0.3, -0.25) is 15.1 Å². The number of nitrogens with one attached hydrogen (secondary N) is 2. The van der Waals surface area contributed by atoms with E-state index in [0.29, 0.717) is 57.1 Å². The van der Waals surface area contributed by atoms with Crippen molar-refractivity contribution in [2.45, 2.75) is 39.5 Å². The van der Waals surface area contributed by atoms with E-state index < -0.39 is 11.4 Å². The number of aliphatic carboxylic acids is 1. The smallest absolute Gasteiger partial charge is 0.320 e. The largest absolute Gasteiger partial charge is 0.481 e. The lowest BCUT2D eigenvalue weighted by atomic mass is 9.76. The van der Waals surface area contributed by atoms with Crippen LogP contribution in [0.4, 0.5) is 16.4 Å². The zero-order valence-electron chi connectivity index (χ0n) is 21.6. The average molecular weight is 514 g/mol. The van der Waals surface area contributed by atoms with E-state index in [0.717, 1.165) is 33.6 Å². The summed E-state index contributed by atoms with van der Waals surface area (Å²) < 4.78 is 0. The Balaban J connectivity index is 1.42. The number of fused-ring (bicyclic) bond motifs is 1. The maximum absolute atomic E-state index is 12.1. The minimum Gasteiger partial charge on any atom is -0.481 e. The maximum atomic E-state index is 12.1. The van der Waals surface area contributed by atoms with Crippen LogP contribution >= 0.6 is 0 Å². The number of piperidine rings is 1. The Bertz CT molecular complexity index is 1370. The van der Waals surface area contributed by atoms with Crippen molar-refractivity contribution in [3.05, 3.63) is 54.5 Å². The highest BCUT2D eigenvalue weighted by molar-refractivity contribution is 6.04. The molecule has 1 saturated heterocycles. The van der Waals surface area contributed by atoms with Crippen molar-refractivity contribution >= 4 is 29.5 Å². The highest BCUT2D eigenvalue weighted by atomic mass is 16.4. The Morgan fingerprint density at radius 2 is 1.82 bits per heavy atom. The molecule has 2 aromatic heterocycles. The number of carboxylic acid groups (broad SMARTS) is 1. The fraction of sp³-hybridized carbons (Fsp3) is 0.357. The summed E-state index contributed by atoms with van der Waals surface area (Å²) >= 11 is 0. The van der Waals surface area contributed by atoms with Gasteiger partial charge < -0.3 is 15.3 Å². The van der Waals surface area contributed by atoms with Crippen molar-refractivity contribution in [2.24, 2.45) is 10.4 Å². The third kappa shape index (κ3) is 4.93. The number of aliphatic imine (C=N–C) groups is 1. The van der Waals surface area contributed by atoms with Crippen LogP contribution in [0, 0.1) is 5.41 Å². The lowest BCUT2D eigenvalue weighted by Gasteiger charge is -2.38. The van der Waals surface area contributed by atoms with Crippen LogP contribution < -0.4 is 15.5 Å². The number of amides is 2. The Morgan fingerprint density at radius 1 is 1.05 bits per heavy atom. The Labute approximate surface area is 221 Å². The number of hydrogen-bond acceptors (Lipinski definition) is 7. The minimum atomic E-state index is -0.719. The molecular weight excluding hydrogens is 482 g/mol. The van der Waals surface area contributed by atoms with E-state index >= 15 is 0 Å². The predicted molar refractivity (Wildman–Crippen MR) is 146 cm³/mol. The molecule has 0 atom stereocenters. The molecule has 4 heterocycles. The van der Waals surface area contributed by atoms with Crippen LogP contribution in [0.3, 0.4) is 0 Å². The van der Waals surface area contributed by atoms with Crippen LogP contribution in [0.5, 0.6) is 0 Å². The zero-order chi connectivity index (χ0) is 26.7. The second kappa shape index (κ2) is 10.6. The summed E-state index contributed by atoms with van der Waals surface area (Å²) in [5, 5.41) is 15.2. The summed E-state index contributed by atoms with van der Waals surface area (Å²) in [4.78, 5) is 44.4. The fourth-order valence-corrected chi connectivity index (χ4v) is 5.11. The van der Waals surface area contributed by atoms with Crippen LogP contribution in [0.15, 0.2) is 53.9 Å². The average Bonchev–Trinajstić information content (AvgIpc) is 3.35. The normalized spacial score (nSPS) is 15.9. The molecule has 196 valence electrons. The van der Waals surface area contributed by atoms with Gasteiger partial charge in [0, 0.05) is 55.8 Å². The molecule has 5 rings (SSSR count). The van der Waals surface area contributed by atoms with E-state index in [2.05, 4.69) is 31.7 Å². The summed E-state index contributed by atoms with van der Waals surface area (Å²) in [6.07, 6.45) is 7.61. The number of rotatable bonds is 6. The summed E-state index contributed by atoms with van der Waals surface area (Å²) in [7, 11) is 0. The molecular formula is C28H31N7O3. The van der Waals surface area contributed by atoms with Crippen LogP contribution in [-0.2, 0) is 11.2 Å². The van der Waals surface area contributed by atoms with Crippen molar-refractivity contribution in [2.75, 3.05) is 24.5 Å². The molecule has 2 aliphatic rings. The van der Waals surface area contributed by atoms with Gasteiger partial charge in [-0.2, -0.15) is 0 Å². The molecule has 3 N–H and O–H groups in total. The van der Waals surface area contributed by atoms with Crippen molar-refractivity contribution in [3.8, 4) is 22.4 Å². The third-order valence-electron chi connectivity index (χ3n) is 7.47. The van der Waals surface area contributed by atoms with E-state index in [4.69, 9.17) is 4.99 Å². The lowest BCUT2D eigenvalue weighted by molar-refractivity contribution is -0.150. The van der Waals surface area contributed by atoms with Gasteiger partial charge in [0.1, 0.15) is 5.84 Å². The number of pyridine rings is 1. The van der Waals surface area contributed by atoms with Gasteiger partial charge in [0.2, 0.25) is 5.95 Å². The Hall–Kier alpha value is -4.34. The molecule has 2 aliphatic heterocycles. The van der Waals surface area contributed by atoms with Crippen LogP contribution in [-0.4, -0.2) is 57.5 Å². The molecule has 38 heavy (non-hydrogen) atoms. The van der Waals surface area contributed by atoms with Gasteiger partial charge in [-0.1, -0.05) is 13.0 Å². The van der Waals surface area contributed by atoms with Crippen molar-refractivity contribution in [1.29, 1.82) is 0 Å². The molecule has 2 amide bonds. The first-order chi connectivity index (χ1) is 18.4. The second-order valence-electron chi connectivity index (χ2n) is 9.65. The monoisotopic (exact) mass is 513 g/mol. The topological polar surface area (TPSA) is 133 Å². The highest BCUT2D eigenvalue weighted by Crippen LogP contribution is 2.39. The molecule has 0 saturated carbocycles. The SMILES string of the molecule is CCNC(=O)NC1=Nc2cc(-c3cnc(N4CCC(CC)(C(=O)O)CC4)nc3)cc(-c3ccccn3)c2C1. The summed E-state index contributed by atoms with van der Waals surface area (Å²) in [5.41, 5.74) is 4.62. The summed E-state index contributed by atoms with van der Waals surface area (Å²) in [5.74, 6) is 0.464. The van der Waals surface area contributed by atoms with Gasteiger partial charge in [-0.05, 0) is 61.6 Å². The Morgan fingerprint density at radius 3 is 2.45 bits per heavy atom. The number of carbonyl (C=O) groups excluding carboxylic acids is 1. The van der Waals surface area contributed by atoms with Gasteiger partial charge in [-0.15, -0.1) is 0 Å². The van der Waals surface area contributed by atoms with Gasteiger partial charge in [-0.25, -0.2) is 19.8 Å². The Kier molecular flexibility index (Phi) is 7.04. The van der Waals surface area contributed by atoms with Gasteiger partial charge in [0.25, 0.3) is 0 Å². The molecule has 3 aromatic rings. The fourth-order valence-electron chi connectivity index (χ4n) is 5.11. The zero-order valence-corrected chi connectivity index (χ0v) is 21.6. The first kappa shape index (κ1) is 25.3. The first-order valence-electron chi connectivity index (χ1n) is 12.9. The molecule has 1 fully saturated rings. The molecule has 10 nitrogen and oxygen atoms in total. The summed E-state index contributed by atoms with van der Waals surface area (Å²) in [6, 6.07) is 9.54. The molecule has 0 unspecified atom stereocenters. The molecule has 0 bridgehead atoms. The minimum absolute atomic E-state index is 0.278. The van der Waals surface area contributed by atoms with Crippen LogP contribution in [0.1, 0.15) is 38.7 Å². The van der Waals surface area contributed by atoms with E-state index in [1.165, 1.54) is 0 Å². The van der Waals surface area contributed by atoms with Gasteiger partial charge in [0.15, 0.2) is 0 Å². The van der Waals surface area contributed by atoms with E-state index in [1.807, 2.05) is 43.0 Å². The highest BCUT2D eigenvalue weighted by Gasteiger charge is 2.40. The number of nitrogens with zero attached hydrogens (tertiary/aromatic N) is 5. The quantitative estimate of drug-likeness (QED) is 0.450. The number of anilines is 1. The van der Waals surface area contributed by atoms with E-state index in [9.17, 15) is 14.7 Å². The molecule has 0 radical (unpaired) electrons. The number of urea groups is 1. The number of aromatic nitrogens is 3.